The number of nitrogens with zero attached hydrogens (tertiary/aromatic N) is 1. The van der Waals surface area contributed by atoms with Gasteiger partial charge >= 0.3 is 0 Å². The van der Waals surface area contributed by atoms with E-state index in [0.29, 0.717) is 6.04 Å². The second-order valence-corrected chi connectivity index (χ2v) is 3.32. The van der Waals surface area contributed by atoms with E-state index in [1.54, 1.807) is 0 Å². The Kier molecular flexibility index (Phi) is 1.78. The van der Waals surface area contributed by atoms with Crippen LogP contribution in [0.5, 0.6) is 0 Å². The highest BCUT2D eigenvalue weighted by Gasteiger charge is 2.20. The second-order valence-electron chi connectivity index (χ2n) is 3.32. The van der Waals surface area contributed by atoms with E-state index in [2.05, 4.69) is 4.99 Å². The number of allylic oxidation sites excluding steroid dienone is 1. The molecule has 0 spiro atoms. The lowest BCUT2D eigenvalue weighted by Gasteiger charge is -2.25. The van der Waals surface area contributed by atoms with Crippen molar-refractivity contribution in [1.29, 1.82) is 0 Å². The lowest BCUT2D eigenvalue weighted by Crippen LogP contribution is -2.27. The molecule has 0 aromatic carbocycles. The van der Waals surface area contributed by atoms with Gasteiger partial charge in [-0.15, -0.1) is 0 Å². The van der Waals surface area contributed by atoms with E-state index in [1.807, 2.05) is 6.21 Å². The first-order valence-electron chi connectivity index (χ1n) is 4.38. The lowest BCUT2D eigenvalue weighted by atomic mass is 9.88. The van der Waals surface area contributed by atoms with Gasteiger partial charge in [-0.25, -0.2) is 0 Å². The van der Waals surface area contributed by atoms with Gasteiger partial charge in [0.1, 0.15) is 0 Å². The summed E-state index contributed by atoms with van der Waals surface area (Å²) in [6.45, 7) is 0. The third-order valence-electron chi connectivity index (χ3n) is 2.54. The van der Waals surface area contributed by atoms with Gasteiger partial charge in [-0.05, 0) is 37.7 Å². The standard InChI is InChI=1S/C9H14N2/c10-8-4-1-5-9-7(8)3-2-6-11-9/h6,8H,1-5,10H2. The molecule has 0 radical (unpaired) electrons. The molecule has 0 bridgehead atoms. The smallest absolute Gasteiger partial charge is 0.0407 e. The molecule has 0 saturated carbocycles. The Morgan fingerprint density at radius 3 is 3.18 bits per heavy atom. The highest BCUT2D eigenvalue weighted by molar-refractivity contribution is 5.62. The molecule has 2 heteroatoms. The van der Waals surface area contributed by atoms with Gasteiger partial charge in [-0.3, -0.25) is 4.99 Å². The molecule has 2 aliphatic rings. The van der Waals surface area contributed by atoms with Crippen LogP contribution in [0.1, 0.15) is 32.1 Å². The first-order chi connectivity index (χ1) is 5.38. The minimum atomic E-state index is 0.316. The summed E-state index contributed by atoms with van der Waals surface area (Å²) in [5.41, 5.74) is 8.67. The van der Waals surface area contributed by atoms with Gasteiger partial charge < -0.3 is 5.73 Å². The Morgan fingerprint density at radius 2 is 2.36 bits per heavy atom. The number of nitrogens with two attached hydrogens (primary N) is 1. The Bertz CT molecular complexity index is 216. The van der Waals surface area contributed by atoms with Crippen LogP contribution in [-0.4, -0.2) is 12.3 Å². The summed E-state index contributed by atoms with van der Waals surface area (Å²) in [6.07, 6.45) is 7.80. The normalized spacial score (nSPS) is 30.5. The van der Waals surface area contributed by atoms with Crippen molar-refractivity contribution < 1.29 is 0 Å². The maximum absolute atomic E-state index is 5.96. The van der Waals surface area contributed by atoms with E-state index in [4.69, 9.17) is 5.73 Å². The van der Waals surface area contributed by atoms with E-state index >= 15 is 0 Å². The van der Waals surface area contributed by atoms with Gasteiger partial charge in [-0.1, -0.05) is 0 Å². The van der Waals surface area contributed by atoms with Crippen molar-refractivity contribution in [2.75, 3.05) is 0 Å². The molecular weight excluding hydrogens is 136 g/mol. The van der Waals surface area contributed by atoms with Gasteiger partial charge in [0.05, 0.1) is 0 Å². The van der Waals surface area contributed by atoms with Gasteiger partial charge in [0.25, 0.3) is 0 Å². The third kappa shape index (κ3) is 1.23. The molecule has 2 nitrogen and oxygen atoms in total. The van der Waals surface area contributed by atoms with Crippen LogP contribution in [0.4, 0.5) is 0 Å². The van der Waals surface area contributed by atoms with E-state index in [-0.39, 0.29) is 0 Å². The summed E-state index contributed by atoms with van der Waals surface area (Å²) in [5, 5.41) is 0. The van der Waals surface area contributed by atoms with Crippen LogP contribution in [0.25, 0.3) is 0 Å². The average Bonchev–Trinajstić information content (AvgIpc) is 2.06. The summed E-state index contributed by atoms with van der Waals surface area (Å²) in [6, 6.07) is 0.316. The Morgan fingerprint density at radius 1 is 1.45 bits per heavy atom. The largest absolute Gasteiger partial charge is 0.324 e. The van der Waals surface area contributed by atoms with Crippen LogP contribution in [0.2, 0.25) is 0 Å². The van der Waals surface area contributed by atoms with E-state index in [1.165, 1.54) is 17.7 Å². The molecule has 0 aromatic rings. The number of hydrogen-bond donors (Lipinski definition) is 1. The van der Waals surface area contributed by atoms with Crippen molar-refractivity contribution in [3.05, 3.63) is 11.3 Å². The molecular formula is C9H14N2. The molecule has 60 valence electrons. The highest BCUT2D eigenvalue weighted by Crippen LogP contribution is 2.29. The Hall–Kier alpha value is -0.630. The molecule has 1 aliphatic carbocycles. The van der Waals surface area contributed by atoms with Gasteiger partial charge in [-0.2, -0.15) is 0 Å². The summed E-state index contributed by atoms with van der Waals surface area (Å²) in [4.78, 5) is 4.38. The Labute approximate surface area is 67.2 Å². The quantitative estimate of drug-likeness (QED) is 0.560. The summed E-state index contributed by atoms with van der Waals surface area (Å²) >= 11 is 0. The maximum atomic E-state index is 5.96. The fourth-order valence-electron chi connectivity index (χ4n) is 1.91. The molecule has 0 fully saturated rings. The van der Waals surface area contributed by atoms with E-state index in [0.717, 1.165) is 25.7 Å². The molecule has 1 heterocycles. The third-order valence-corrected chi connectivity index (χ3v) is 2.54. The highest BCUT2D eigenvalue weighted by atomic mass is 14.8. The fraction of sp³-hybridized carbons (Fsp3) is 0.667. The first-order valence-corrected chi connectivity index (χ1v) is 4.38. The topological polar surface area (TPSA) is 38.4 Å². The Balaban J connectivity index is 2.28. The zero-order valence-electron chi connectivity index (χ0n) is 6.71. The predicted molar refractivity (Wildman–Crippen MR) is 46.6 cm³/mol. The zero-order valence-corrected chi connectivity index (χ0v) is 6.71. The molecule has 0 amide bonds. The molecule has 1 aliphatic heterocycles. The van der Waals surface area contributed by atoms with Crippen LogP contribution in [0, 0.1) is 0 Å². The molecule has 0 aromatic heterocycles. The van der Waals surface area contributed by atoms with Crippen molar-refractivity contribution in [3.8, 4) is 0 Å². The summed E-state index contributed by atoms with van der Waals surface area (Å²) in [7, 11) is 0. The van der Waals surface area contributed by atoms with Crippen molar-refractivity contribution >= 4 is 6.21 Å². The average molecular weight is 150 g/mol. The fourth-order valence-corrected chi connectivity index (χ4v) is 1.91. The van der Waals surface area contributed by atoms with Crippen LogP contribution in [0.15, 0.2) is 16.3 Å². The molecule has 1 atom stereocenters. The van der Waals surface area contributed by atoms with E-state index < -0.39 is 0 Å². The van der Waals surface area contributed by atoms with Crippen LogP contribution in [-0.2, 0) is 0 Å². The van der Waals surface area contributed by atoms with Gasteiger partial charge in [0, 0.05) is 18.0 Å². The summed E-state index contributed by atoms with van der Waals surface area (Å²) in [5.74, 6) is 0. The molecule has 2 rings (SSSR count). The number of aliphatic imine (C=N–C) groups is 1. The number of hydrogen-bond acceptors (Lipinski definition) is 2. The van der Waals surface area contributed by atoms with Gasteiger partial charge in [0.15, 0.2) is 0 Å². The van der Waals surface area contributed by atoms with Crippen molar-refractivity contribution in [1.82, 2.24) is 0 Å². The minimum absolute atomic E-state index is 0.316. The zero-order chi connectivity index (χ0) is 7.68. The molecule has 1 unspecified atom stereocenters. The SMILES string of the molecule is NC1CCCC2=C1CCC=N2. The van der Waals surface area contributed by atoms with Crippen molar-refractivity contribution in [2.24, 2.45) is 10.7 Å². The predicted octanol–water partition coefficient (Wildman–Crippen LogP) is 1.62. The summed E-state index contributed by atoms with van der Waals surface area (Å²) < 4.78 is 0. The lowest BCUT2D eigenvalue weighted by molar-refractivity contribution is 0.568. The number of rotatable bonds is 0. The molecule has 11 heavy (non-hydrogen) atoms. The first kappa shape index (κ1) is 7.04. The van der Waals surface area contributed by atoms with Crippen molar-refractivity contribution in [3.63, 3.8) is 0 Å². The van der Waals surface area contributed by atoms with E-state index in [9.17, 15) is 0 Å². The van der Waals surface area contributed by atoms with Gasteiger partial charge in [0.2, 0.25) is 0 Å². The minimum Gasteiger partial charge on any atom is -0.324 e. The van der Waals surface area contributed by atoms with Crippen LogP contribution in [0.3, 0.4) is 0 Å². The van der Waals surface area contributed by atoms with Crippen molar-refractivity contribution in [2.45, 2.75) is 38.1 Å². The van der Waals surface area contributed by atoms with Crippen LogP contribution < -0.4 is 5.73 Å². The molecule has 2 N–H and O–H groups in total. The molecule has 0 saturated heterocycles. The monoisotopic (exact) mass is 150 g/mol. The second kappa shape index (κ2) is 2.78. The van der Waals surface area contributed by atoms with Crippen LogP contribution >= 0.6 is 0 Å². The maximum Gasteiger partial charge on any atom is 0.0407 e.